The molecule has 4 N–H and O–H groups in total. The Morgan fingerprint density at radius 2 is 1.84 bits per heavy atom. The Morgan fingerprint density at radius 1 is 1.03 bits per heavy atom. The molecule has 0 saturated carbocycles. The lowest BCUT2D eigenvalue weighted by Gasteiger charge is -2.15. The number of aromatic amines is 1. The van der Waals surface area contributed by atoms with E-state index in [2.05, 4.69) is 47.1 Å². The second-order valence-electron chi connectivity index (χ2n) is 6.88. The first kappa shape index (κ1) is 20.5. The third-order valence-electron chi connectivity index (χ3n) is 4.79. The van der Waals surface area contributed by atoms with Gasteiger partial charge in [0, 0.05) is 28.8 Å². The number of carbonyl (C=O) groups excluding carboxylic acids is 2. The largest absolute Gasteiger partial charge is 0.355 e. The van der Waals surface area contributed by atoms with Gasteiger partial charge in [0.1, 0.15) is 0 Å². The molecule has 0 unspecified atom stereocenters. The Morgan fingerprint density at radius 3 is 2.61 bits per heavy atom. The zero-order valence-electron chi connectivity index (χ0n) is 16.8. The van der Waals surface area contributed by atoms with E-state index < -0.39 is 0 Å². The molecule has 0 aliphatic rings. The fourth-order valence-electron chi connectivity index (χ4n) is 3.16. The standard InChI is InChI=1S/C22H19BrN6O2/c1-12-5-3-4-6-17(12)27-20-19(7-13(10-25-20)21(30)24-2)28-22(31)15-8-14(23)9-18-16(15)11-26-29-18/h3-11H,1-2H3,(H,24,30)(H,25,27)(H,26,29)(H,28,31). The number of pyridine rings is 1. The van der Waals surface area contributed by atoms with E-state index in [-0.39, 0.29) is 11.8 Å². The van der Waals surface area contributed by atoms with Crippen LogP contribution in [0.2, 0.25) is 0 Å². The van der Waals surface area contributed by atoms with E-state index in [1.807, 2.05) is 37.3 Å². The lowest BCUT2D eigenvalue weighted by Crippen LogP contribution is -2.20. The molecule has 4 aromatic rings. The first-order valence-corrected chi connectivity index (χ1v) is 10.2. The van der Waals surface area contributed by atoms with Gasteiger partial charge in [0.15, 0.2) is 5.82 Å². The molecule has 156 valence electrons. The molecule has 2 heterocycles. The predicted molar refractivity (Wildman–Crippen MR) is 124 cm³/mol. The smallest absolute Gasteiger partial charge is 0.256 e. The predicted octanol–water partition coefficient (Wildman–Crippen LogP) is 4.38. The number of nitrogens with zero attached hydrogens (tertiary/aromatic N) is 2. The number of hydrogen-bond donors (Lipinski definition) is 4. The van der Waals surface area contributed by atoms with Gasteiger partial charge >= 0.3 is 0 Å². The maximum atomic E-state index is 13.2. The molecule has 0 aliphatic heterocycles. The van der Waals surface area contributed by atoms with Crippen molar-refractivity contribution in [3.05, 3.63) is 76.0 Å². The molecule has 0 fully saturated rings. The van der Waals surface area contributed by atoms with Crippen LogP contribution in [-0.2, 0) is 0 Å². The molecule has 0 spiro atoms. The van der Waals surface area contributed by atoms with Crippen LogP contribution in [0.1, 0.15) is 26.3 Å². The Labute approximate surface area is 186 Å². The van der Waals surface area contributed by atoms with Crippen LogP contribution >= 0.6 is 15.9 Å². The summed E-state index contributed by atoms with van der Waals surface area (Å²) >= 11 is 3.42. The summed E-state index contributed by atoms with van der Waals surface area (Å²) in [5.41, 5.74) is 3.74. The van der Waals surface area contributed by atoms with Gasteiger partial charge in [-0.2, -0.15) is 5.10 Å². The van der Waals surface area contributed by atoms with Crippen LogP contribution in [0.5, 0.6) is 0 Å². The molecular weight excluding hydrogens is 460 g/mol. The molecule has 4 rings (SSSR count). The fraction of sp³-hybridized carbons (Fsp3) is 0.0909. The number of H-pyrrole nitrogens is 1. The van der Waals surface area contributed by atoms with Crippen molar-refractivity contribution >= 4 is 55.8 Å². The molecule has 8 nitrogen and oxygen atoms in total. The number of aromatic nitrogens is 3. The topological polar surface area (TPSA) is 112 Å². The van der Waals surface area contributed by atoms with Crippen molar-refractivity contribution in [1.82, 2.24) is 20.5 Å². The molecule has 0 bridgehead atoms. The number of hydrogen-bond acceptors (Lipinski definition) is 5. The van der Waals surface area contributed by atoms with Gasteiger partial charge in [0.05, 0.1) is 28.5 Å². The lowest BCUT2D eigenvalue weighted by molar-refractivity contribution is 0.0961. The molecule has 2 aromatic carbocycles. The first-order chi connectivity index (χ1) is 15.0. The molecular formula is C22H19BrN6O2. The van der Waals surface area contributed by atoms with Crippen LogP contribution < -0.4 is 16.0 Å². The van der Waals surface area contributed by atoms with Crippen molar-refractivity contribution in [3.8, 4) is 0 Å². The van der Waals surface area contributed by atoms with Gasteiger partial charge in [-0.15, -0.1) is 0 Å². The van der Waals surface area contributed by atoms with E-state index in [1.165, 1.54) is 13.2 Å². The summed E-state index contributed by atoms with van der Waals surface area (Å²) in [4.78, 5) is 29.7. The third-order valence-corrected chi connectivity index (χ3v) is 5.25. The zero-order valence-corrected chi connectivity index (χ0v) is 18.4. The van der Waals surface area contributed by atoms with Gasteiger partial charge in [-0.25, -0.2) is 4.98 Å². The van der Waals surface area contributed by atoms with Crippen molar-refractivity contribution in [2.24, 2.45) is 0 Å². The summed E-state index contributed by atoms with van der Waals surface area (Å²) in [6.07, 6.45) is 3.06. The van der Waals surface area contributed by atoms with Gasteiger partial charge in [0.2, 0.25) is 0 Å². The monoisotopic (exact) mass is 478 g/mol. The Bertz CT molecular complexity index is 1300. The van der Waals surface area contributed by atoms with Gasteiger partial charge in [-0.1, -0.05) is 34.1 Å². The van der Waals surface area contributed by atoms with Gasteiger partial charge < -0.3 is 16.0 Å². The SMILES string of the molecule is CNC(=O)c1cnc(Nc2ccccc2C)c(NC(=O)c2cc(Br)cc3[nH]ncc23)c1. The second kappa shape index (κ2) is 8.57. The summed E-state index contributed by atoms with van der Waals surface area (Å²) in [6.45, 7) is 1.97. The minimum Gasteiger partial charge on any atom is -0.355 e. The van der Waals surface area contributed by atoms with Crippen molar-refractivity contribution in [2.75, 3.05) is 17.7 Å². The highest BCUT2D eigenvalue weighted by Crippen LogP contribution is 2.28. The Balaban J connectivity index is 1.74. The number of rotatable bonds is 5. The molecule has 2 amide bonds. The number of aryl methyl sites for hydroxylation is 1. The van der Waals surface area contributed by atoms with Crippen molar-refractivity contribution in [3.63, 3.8) is 0 Å². The number of amides is 2. The van der Waals surface area contributed by atoms with Crippen LogP contribution in [0.3, 0.4) is 0 Å². The summed E-state index contributed by atoms with van der Waals surface area (Å²) in [5.74, 6) is -0.227. The minimum atomic E-state index is -0.351. The van der Waals surface area contributed by atoms with Crippen molar-refractivity contribution in [1.29, 1.82) is 0 Å². The van der Waals surface area contributed by atoms with Crippen LogP contribution in [0.4, 0.5) is 17.2 Å². The maximum absolute atomic E-state index is 13.2. The Hall–Kier alpha value is -3.72. The van der Waals surface area contributed by atoms with Gasteiger partial charge in [-0.05, 0) is 36.8 Å². The second-order valence-corrected chi connectivity index (χ2v) is 7.79. The highest BCUT2D eigenvalue weighted by atomic mass is 79.9. The molecule has 9 heteroatoms. The average Bonchev–Trinajstić information content (AvgIpc) is 3.23. The summed E-state index contributed by atoms with van der Waals surface area (Å²) in [7, 11) is 1.54. The highest BCUT2D eigenvalue weighted by molar-refractivity contribution is 9.10. The number of halogens is 1. The molecule has 0 saturated heterocycles. The average molecular weight is 479 g/mol. The first-order valence-electron chi connectivity index (χ1n) is 9.45. The molecule has 31 heavy (non-hydrogen) atoms. The highest BCUT2D eigenvalue weighted by Gasteiger charge is 2.17. The molecule has 0 aliphatic carbocycles. The number of fused-ring (bicyclic) bond motifs is 1. The van der Waals surface area contributed by atoms with E-state index in [9.17, 15) is 9.59 Å². The molecule has 0 atom stereocenters. The van der Waals surface area contributed by atoms with E-state index >= 15 is 0 Å². The number of carbonyl (C=O) groups is 2. The zero-order chi connectivity index (χ0) is 22.0. The fourth-order valence-corrected chi connectivity index (χ4v) is 3.62. The van der Waals surface area contributed by atoms with E-state index in [4.69, 9.17) is 0 Å². The van der Waals surface area contributed by atoms with Gasteiger partial charge in [0.25, 0.3) is 11.8 Å². The summed E-state index contributed by atoms with van der Waals surface area (Å²) in [6, 6.07) is 12.9. The number of anilines is 3. The third kappa shape index (κ3) is 4.26. The summed E-state index contributed by atoms with van der Waals surface area (Å²) in [5, 5.41) is 16.3. The Kier molecular flexibility index (Phi) is 5.68. The van der Waals surface area contributed by atoms with Gasteiger partial charge in [-0.3, -0.25) is 14.7 Å². The van der Waals surface area contributed by atoms with Crippen molar-refractivity contribution in [2.45, 2.75) is 6.92 Å². The molecule has 0 radical (unpaired) electrons. The normalized spacial score (nSPS) is 10.7. The van der Waals surface area contributed by atoms with Crippen molar-refractivity contribution < 1.29 is 9.59 Å². The number of nitrogens with one attached hydrogen (secondary N) is 4. The van der Waals surface area contributed by atoms with Crippen LogP contribution in [0.15, 0.2) is 59.3 Å². The lowest BCUT2D eigenvalue weighted by atomic mass is 10.1. The van der Waals surface area contributed by atoms with E-state index in [0.29, 0.717) is 28.0 Å². The van der Waals surface area contributed by atoms with E-state index in [1.54, 1.807) is 18.3 Å². The maximum Gasteiger partial charge on any atom is 0.256 e. The molecule has 2 aromatic heterocycles. The number of benzene rings is 2. The summed E-state index contributed by atoms with van der Waals surface area (Å²) < 4.78 is 0.741. The number of para-hydroxylation sites is 1. The van der Waals surface area contributed by atoms with Crippen LogP contribution in [-0.4, -0.2) is 34.0 Å². The van der Waals surface area contributed by atoms with Crippen LogP contribution in [0.25, 0.3) is 10.9 Å². The quantitative estimate of drug-likeness (QED) is 0.340. The minimum absolute atomic E-state index is 0.301. The van der Waals surface area contributed by atoms with E-state index in [0.717, 1.165) is 21.2 Å². The van der Waals surface area contributed by atoms with Crippen LogP contribution in [0, 0.1) is 6.92 Å².